The maximum Gasteiger partial charge on any atom is 0.226 e. The van der Waals surface area contributed by atoms with Crippen LogP contribution in [0.25, 0.3) is 10.9 Å². The third-order valence-electron chi connectivity index (χ3n) is 4.76. The van der Waals surface area contributed by atoms with Crippen molar-refractivity contribution in [2.75, 3.05) is 0 Å². The zero-order valence-electron chi connectivity index (χ0n) is 14.7. The highest BCUT2D eigenvalue weighted by Crippen LogP contribution is 2.45. The number of carbonyl (C=O) groups is 1. The molecule has 0 atom stereocenters. The van der Waals surface area contributed by atoms with Gasteiger partial charge in [-0.05, 0) is 25.0 Å². The Balaban J connectivity index is 1.46. The molecule has 0 bridgehead atoms. The first-order valence-electron chi connectivity index (χ1n) is 8.56. The van der Waals surface area contributed by atoms with Crippen molar-refractivity contribution < 1.29 is 18.3 Å². The number of nitrogens with zero attached hydrogens (tertiary/aromatic N) is 1. The van der Waals surface area contributed by atoms with Crippen molar-refractivity contribution in [1.82, 2.24) is 15.3 Å². The van der Waals surface area contributed by atoms with Gasteiger partial charge in [-0.15, -0.1) is 0 Å². The van der Waals surface area contributed by atoms with E-state index in [-0.39, 0.29) is 23.7 Å². The molecule has 1 saturated carbocycles. The van der Waals surface area contributed by atoms with Crippen LogP contribution in [0, 0.1) is 18.2 Å². The zero-order chi connectivity index (χ0) is 18.3. The standard InChI is InChI=1S/C19H20FN3O3/c1-11-22-14(9-25-11)10-26-17-7-16-12(6-15(17)20)5-13(23-16)8-21-18(24)19(2)3-4-19/h5-7,9,23H,3-4,8,10H2,1-2H3,(H,21,24). The van der Waals surface area contributed by atoms with E-state index in [1.165, 1.54) is 12.3 Å². The normalized spacial score (nSPS) is 15.2. The largest absolute Gasteiger partial charge is 0.484 e. The second kappa shape index (κ2) is 6.16. The summed E-state index contributed by atoms with van der Waals surface area (Å²) in [6.45, 7) is 4.21. The fraction of sp³-hybridized carbons (Fsp3) is 0.368. The Morgan fingerprint density at radius 3 is 2.92 bits per heavy atom. The van der Waals surface area contributed by atoms with E-state index in [9.17, 15) is 9.18 Å². The summed E-state index contributed by atoms with van der Waals surface area (Å²) in [5, 5.41) is 3.66. The summed E-state index contributed by atoms with van der Waals surface area (Å²) in [6, 6.07) is 4.87. The molecule has 0 spiro atoms. The van der Waals surface area contributed by atoms with Gasteiger partial charge in [-0.3, -0.25) is 4.79 Å². The number of aryl methyl sites for hydroxylation is 1. The van der Waals surface area contributed by atoms with Crippen molar-refractivity contribution in [3.63, 3.8) is 0 Å². The molecule has 136 valence electrons. The Kier molecular flexibility index (Phi) is 3.94. The lowest BCUT2D eigenvalue weighted by Crippen LogP contribution is -2.29. The molecule has 26 heavy (non-hydrogen) atoms. The first-order chi connectivity index (χ1) is 12.4. The van der Waals surface area contributed by atoms with Gasteiger partial charge in [0.2, 0.25) is 5.91 Å². The summed E-state index contributed by atoms with van der Waals surface area (Å²) < 4.78 is 24.9. The number of halogens is 1. The van der Waals surface area contributed by atoms with Crippen LogP contribution >= 0.6 is 0 Å². The van der Waals surface area contributed by atoms with E-state index < -0.39 is 5.82 Å². The minimum Gasteiger partial charge on any atom is -0.484 e. The molecule has 2 heterocycles. The Bertz CT molecular complexity index is 972. The number of nitrogens with one attached hydrogen (secondary N) is 2. The topological polar surface area (TPSA) is 80.1 Å². The lowest BCUT2D eigenvalue weighted by atomic mass is 10.1. The molecule has 7 heteroatoms. The van der Waals surface area contributed by atoms with Gasteiger partial charge in [0.05, 0.1) is 6.54 Å². The van der Waals surface area contributed by atoms with Crippen LogP contribution in [-0.2, 0) is 17.9 Å². The molecule has 3 aromatic rings. The lowest BCUT2D eigenvalue weighted by molar-refractivity contribution is -0.125. The number of aromatic nitrogens is 2. The molecule has 1 aliphatic rings. The molecule has 2 aromatic heterocycles. The zero-order valence-corrected chi connectivity index (χ0v) is 14.7. The third kappa shape index (κ3) is 3.29. The number of benzene rings is 1. The van der Waals surface area contributed by atoms with Crippen LogP contribution in [0.5, 0.6) is 5.75 Å². The average molecular weight is 357 g/mol. The molecular formula is C19H20FN3O3. The third-order valence-corrected chi connectivity index (χ3v) is 4.76. The number of fused-ring (bicyclic) bond motifs is 1. The minimum atomic E-state index is -0.446. The number of hydrogen-bond acceptors (Lipinski definition) is 4. The SMILES string of the molecule is Cc1nc(COc2cc3[nH]c(CNC(=O)C4(C)CC4)cc3cc2F)co1. The van der Waals surface area contributed by atoms with Crippen LogP contribution in [0.1, 0.15) is 37.0 Å². The van der Waals surface area contributed by atoms with Gasteiger partial charge in [0, 0.05) is 35.0 Å². The van der Waals surface area contributed by atoms with Gasteiger partial charge in [-0.1, -0.05) is 6.92 Å². The molecule has 1 aliphatic carbocycles. The summed E-state index contributed by atoms with van der Waals surface area (Å²) >= 11 is 0. The second-order valence-electron chi connectivity index (χ2n) is 7.05. The highest BCUT2D eigenvalue weighted by molar-refractivity contribution is 5.85. The number of oxazole rings is 1. The van der Waals surface area contributed by atoms with E-state index in [0.29, 0.717) is 18.1 Å². The van der Waals surface area contributed by atoms with E-state index >= 15 is 0 Å². The molecular weight excluding hydrogens is 337 g/mol. The molecule has 0 radical (unpaired) electrons. The second-order valence-corrected chi connectivity index (χ2v) is 7.05. The number of hydrogen-bond donors (Lipinski definition) is 2. The predicted molar refractivity (Wildman–Crippen MR) is 93.0 cm³/mol. The summed E-state index contributed by atoms with van der Waals surface area (Å²) in [5.41, 5.74) is 1.96. The van der Waals surface area contributed by atoms with Crippen molar-refractivity contribution in [1.29, 1.82) is 0 Å². The summed E-state index contributed by atoms with van der Waals surface area (Å²) in [7, 11) is 0. The fourth-order valence-corrected chi connectivity index (χ4v) is 2.83. The van der Waals surface area contributed by atoms with E-state index in [2.05, 4.69) is 15.3 Å². The maximum absolute atomic E-state index is 14.3. The first kappa shape index (κ1) is 16.6. The van der Waals surface area contributed by atoms with Crippen LogP contribution in [0.15, 0.2) is 28.9 Å². The molecule has 4 rings (SSSR count). The molecule has 0 saturated heterocycles. The molecule has 1 fully saturated rings. The van der Waals surface area contributed by atoms with Crippen LogP contribution in [0.4, 0.5) is 4.39 Å². The van der Waals surface area contributed by atoms with Crippen molar-refractivity contribution in [2.24, 2.45) is 5.41 Å². The van der Waals surface area contributed by atoms with Gasteiger partial charge in [0.15, 0.2) is 17.5 Å². The molecule has 1 amide bonds. The predicted octanol–water partition coefficient (Wildman–Crippen LogP) is 3.60. The van der Waals surface area contributed by atoms with E-state index in [1.807, 2.05) is 13.0 Å². The Hall–Kier alpha value is -2.83. The molecule has 2 N–H and O–H groups in total. The number of rotatable bonds is 6. The van der Waals surface area contributed by atoms with Gasteiger partial charge in [0.1, 0.15) is 18.6 Å². The monoisotopic (exact) mass is 357 g/mol. The van der Waals surface area contributed by atoms with E-state index in [4.69, 9.17) is 9.15 Å². The lowest BCUT2D eigenvalue weighted by Gasteiger charge is -2.08. The van der Waals surface area contributed by atoms with Crippen molar-refractivity contribution in [3.8, 4) is 5.75 Å². The van der Waals surface area contributed by atoms with Crippen LogP contribution < -0.4 is 10.1 Å². The highest BCUT2D eigenvalue weighted by atomic mass is 19.1. The highest BCUT2D eigenvalue weighted by Gasteiger charge is 2.44. The van der Waals surface area contributed by atoms with E-state index in [0.717, 1.165) is 29.4 Å². The van der Waals surface area contributed by atoms with Gasteiger partial charge < -0.3 is 19.5 Å². The summed E-state index contributed by atoms with van der Waals surface area (Å²) in [4.78, 5) is 19.3. The molecule has 0 aliphatic heterocycles. The molecule has 6 nitrogen and oxygen atoms in total. The van der Waals surface area contributed by atoms with Crippen LogP contribution in [0.3, 0.4) is 0 Å². The Morgan fingerprint density at radius 2 is 2.23 bits per heavy atom. The molecule has 1 aromatic carbocycles. The molecule has 0 unspecified atom stereocenters. The van der Waals surface area contributed by atoms with E-state index in [1.54, 1.807) is 13.0 Å². The number of amides is 1. The van der Waals surface area contributed by atoms with Gasteiger partial charge in [-0.2, -0.15) is 0 Å². The summed E-state index contributed by atoms with van der Waals surface area (Å²) in [6.07, 6.45) is 3.35. The van der Waals surface area contributed by atoms with Crippen molar-refractivity contribution in [2.45, 2.75) is 39.8 Å². The Labute approximate surface area is 149 Å². The Morgan fingerprint density at radius 1 is 1.42 bits per heavy atom. The number of ether oxygens (including phenoxy) is 1. The quantitative estimate of drug-likeness (QED) is 0.706. The smallest absolute Gasteiger partial charge is 0.226 e. The number of aromatic amines is 1. The first-order valence-corrected chi connectivity index (χ1v) is 8.56. The van der Waals surface area contributed by atoms with Crippen LogP contribution in [-0.4, -0.2) is 15.9 Å². The maximum atomic E-state index is 14.3. The van der Waals surface area contributed by atoms with Gasteiger partial charge >= 0.3 is 0 Å². The van der Waals surface area contributed by atoms with Crippen LogP contribution in [0.2, 0.25) is 0 Å². The summed E-state index contributed by atoms with van der Waals surface area (Å²) in [5.74, 6) is 0.295. The van der Waals surface area contributed by atoms with Crippen molar-refractivity contribution in [3.05, 3.63) is 47.6 Å². The van der Waals surface area contributed by atoms with Gasteiger partial charge in [0.25, 0.3) is 0 Å². The fourth-order valence-electron chi connectivity index (χ4n) is 2.83. The van der Waals surface area contributed by atoms with Gasteiger partial charge in [-0.25, -0.2) is 9.37 Å². The number of H-pyrrole nitrogens is 1. The minimum absolute atomic E-state index is 0.0641. The number of carbonyl (C=O) groups excluding carboxylic acids is 1. The van der Waals surface area contributed by atoms with Crippen molar-refractivity contribution >= 4 is 16.8 Å². The average Bonchev–Trinajstić information content (AvgIpc) is 3.04.